The van der Waals surface area contributed by atoms with Gasteiger partial charge in [-0.05, 0) is 24.6 Å². The summed E-state index contributed by atoms with van der Waals surface area (Å²) < 4.78 is 4.81. The SMILES string of the molecule is C=C(C(=O)OC(=O)c1ccc(N2CCN(C)CC2)cc1[N+](=O)[O-])C(C)(C)C. The van der Waals surface area contributed by atoms with Gasteiger partial charge in [-0.15, -0.1) is 0 Å². The van der Waals surface area contributed by atoms with Crippen molar-refractivity contribution in [2.24, 2.45) is 5.41 Å². The Kier molecular flexibility index (Phi) is 6.00. The number of benzene rings is 1. The summed E-state index contributed by atoms with van der Waals surface area (Å²) in [7, 11) is 2.02. The van der Waals surface area contributed by atoms with Gasteiger partial charge in [0.25, 0.3) is 5.69 Å². The van der Waals surface area contributed by atoms with E-state index in [2.05, 4.69) is 11.5 Å². The molecule has 1 aromatic rings. The van der Waals surface area contributed by atoms with E-state index < -0.39 is 22.3 Å². The summed E-state index contributed by atoms with van der Waals surface area (Å²) in [5.41, 5.74) is -0.433. The first kappa shape index (κ1) is 20.6. The minimum absolute atomic E-state index is 0.118. The van der Waals surface area contributed by atoms with E-state index in [1.54, 1.807) is 26.8 Å². The molecule has 0 amide bonds. The Hall–Kier alpha value is -2.74. The van der Waals surface area contributed by atoms with Crippen LogP contribution in [-0.2, 0) is 9.53 Å². The average Bonchev–Trinajstić information content (AvgIpc) is 2.60. The van der Waals surface area contributed by atoms with Gasteiger partial charge in [0.05, 0.1) is 4.92 Å². The molecule has 1 aliphatic heterocycles. The summed E-state index contributed by atoms with van der Waals surface area (Å²) in [6.07, 6.45) is 0. The van der Waals surface area contributed by atoms with Gasteiger partial charge < -0.3 is 14.5 Å². The second-order valence-electron chi connectivity index (χ2n) is 7.65. The third-order valence-electron chi connectivity index (χ3n) is 4.60. The highest BCUT2D eigenvalue weighted by Gasteiger charge is 2.29. The fourth-order valence-corrected chi connectivity index (χ4v) is 2.61. The molecular formula is C19H25N3O5. The Morgan fingerprint density at radius 1 is 1.19 bits per heavy atom. The first-order chi connectivity index (χ1) is 12.5. The van der Waals surface area contributed by atoms with Crippen molar-refractivity contribution in [3.05, 3.63) is 46.0 Å². The number of carbonyl (C=O) groups is 2. The van der Waals surface area contributed by atoms with Crippen molar-refractivity contribution in [3.63, 3.8) is 0 Å². The van der Waals surface area contributed by atoms with Crippen LogP contribution in [0.1, 0.15) is 31.1 Å². The second kappa shape index (κ2) is 7.87. The van der Waals surface area contributed by atoms with Crippen LogP contribution in [0.5, 0.6) is 0 Å². The topological polar surface area (TPSA) is 93.0 Å². The van der Waals surface area contributed by atoms with E-state index in [1.165, 1.54) is 12.1 Å². The summed E-state index contributed by atoms with van der Waals surface area (Å²) in [5, 5.41) is 11.5. The molecule has 0 saturated carbocycles. The Balaban J connectivity index is 2.23. The largest absolute Gasteiger partial charge is 0.386 e. The molecule has 1 aliphatic rings. The minimum atomic E-state index is -1.05. The first-order valence-corrected chi connectivity index (χ1v) is 8.68. The lowest BCUT2D eigenvalue weighted by molar-refractivity contribution is -0.385. The quantitative estimate of drug-likeness (QED) is 0.262. The first-order valence-electron chi connectivity index (χ1n) is 8.68. The number of likely N-dealkylation sites (N-methyl/N-ethyl adjacent to an activating group) is 1. The van der Waals surface area contributed by atoms with Gasteiger partial charge in [-0.3, -0.25) is 10.1 Å². The number of nitro benzene ring substituents is 1. The highest BCUT2D eigenvalue weighted by Crippen LogP contribution is 2.29. The van der Waals surface area contributed by atoms with Crippen molar-refractivity contribution in [2.75, 3.05) is 38.1 Å². The monoisotopic (exact) mass is 375 g/mol. The number of hydrogen-bond donors (Lipinski definition) is 0. The zero-order valence-electron chi connectivity index (χ0n) is 16.2. The van der Waals surface area contributed by atoms with Crippen LogP contribution in [0.15, 0.2) is 30.4 Å². The molecule has 1 fully saturated rings. The standard InChI is InChI=1S/C19H25N3O5/c1-13(19(2,3)4)17(23)27-18(24)15-7-6-14(12-16(15)22(25)26)21-10-8-20(5)9-11-21/h6-7,12H,1,8-11H2,2-5H3. The molecule has 1 saturated heterocycles. The third kappa shape index (κ3) is 4.91. The number of piperazine rings is 1. The van der Waals surface area contributed by atoms with E-state index in [4.69, 9.17) is 4.74 Å². The summed E-state index contributed by atoms with van der Waals surface area (Å²) in [5.74, 6) is -1.94. The lowest BCUT2D eigenvalue weighted by atomic mass is 9.88. The highest BCUT2D eigenvalue weighted by molar-refractivity contribution is 6.04. The number of rotatable bonds is 4. The molecule has 27 heavy (non-hydrogen) atoms. The van der Waals surface area contributed by atoms with Gasteiger partial charge in [-0.1, -0.05) is 27.4 Å². The van der Waals surface area contributed by atoms with Crippen LogP contribution in [-0.4, -0.2) is 55.0 Å². The molecule has 8 nitrogen and oxygen atoms in total. The number of anilines is 1. The van der Waals surface area contributed by atoms with Gasteiger partial charge in [0.2, 0.25) is 0 Å². The van der Waals surface area contributed by atoms with Gasteiger partial charge >= 0.3 is 11.9 Å². The van der Waals surface area contributed by atoms with Crippen LogP contribution >= 0.6 is 0 Å². The predicted octanol–water partition coefficient (Wildman–Crippen LogP) is 2.63. The molecule has 0 N–H and O–H groups in total. The van der Waals surface area contributed by atoms with Crippen molar-refractivity contribution < 1.29 is 19.2 Å². The lowest BCUT2D eigenvalue weighted by Gasteiger charge is -2.34. The number of carbonyl (C=O) groups excluding carboxylic acids is 2. The number of hydrogen-bond acceptors (Lipinski definition) is 7. The molecule has 2 rings (SSSR count). The molecule has 0 bridgehead atoms. The molecule has 8 heteroatoms. The molecule has 1 aromatic carbocycles. The normalized spacial score (nSPS) is 15.3. The highest BCUT2D eigenvalue weighted by atomic mass is 16.6. The number of nitro groups is 1. The zero-order chi connectivity index (χ0) is 20.4. The zero-order valence-corrected chi connectivity index (χ0v) is 16.2. The van der Waals surface area contributed by atoms with E-state index >= 15 is 0 Å². The summed E-state index contributed by atoms with van der Waals surface area (Å²) in [4.78, 5) is 39.4. The maximum absolute atomic E-state index is 12.3. The molecule has 0 aliphatic carbocycles. The fraction of sp³-hybridized carbons (Fsp3) is 0.474. The molecule has 0 radical (unpaired) electrons. The molecule has 0 spiro atoms. The van der Waals surface area contributed by atoms with Crippen LogP contribution in [0.4, 0.5) is 11.4 Å². The van der Waals surface area contributed by atoms with Crippen molar-refractivity contribution in [1.82, 2.24) is 4.90 Å². The maximum atomic E-state index is 12.3. The van der Waals surface area contributed by atoms with Gasteiger partial charge in [-0.2, -0.15) is 0 Å². The number of ether oxygens (including phenoxy) is 1. The molecule has 1 heterocycles. The molecular weight excluding hydrogens is 350 g/mol. The third-order valence-corrected chi connectivity index (χ3v) is 4.60. The van der Waals surface area contributed by atoms with E-state index in [0.717, 1.165) is 26.2 Å². The van der Waals surface area contributed by atoms with Gasteiger partial charge in [0.1, 0.15) is 5.56 Å². The van der Waals surface area contributed by atoms with Crippen molar-refractivity contribution >= 4 is 23.3 Å². The molecule has 0 aromatic heterocycles. The Morgan fingerprint density at radius 3 is 2.30 bits per heavy atom. The maximum Gasteiger partial charge on any atom is 0.353 e. The smallest absolute Gasteiger partial charge is 0.353 e. The van der Waals surface area contributed by atoms with Crippen molar-refractivity contribution in [1.29, 1.82) is 0 Å². The molecule has 0 unspecified atom stereocenters. The Bertz CT molecular complexity index is 774. The number of nitrogens with zero attached hydrogens (tertiary/aromatic N) is 3. The second-order valence-corrected chi connectivity index (χ2v) is 7.65. The van der Waals surface area contributed by atoms with Crippen molar-refractivity contribution in [3.8, 4) is 0 Å². The van der Waals surface area contributed by atoms with E-state index in [9.17, 15) is 19.7 Å². The van der Waals surface area contributed by atoms with Crippen LogP contribution in [0.3, 0.4) is 0 Å². The lowest BCUT2D eigenvalue weighted by Crippen LogP contribution is -2.44. The van der Waals surface area contributed by atoms with E-state index in [1.807, 2.05) is 11.9 Å². The molecule has 0 atom stereocenters. The fourth-order valence-electron chi connectivity index (χ4n) is 2.61. The number of esters is 2. The van der Waals surface area contributed by atoms with Crippen LogP contribution in [0, 0.1) is 15.5 Å². The van der Waals surface area contributed by atoms with Gasteiger partial charge in [0.15, 0.2) is 0 Å². The minimum Gasteiger partial charge on any atom is -0.386 e. The van der Waals surface area contributed by atoms with Gasteiger partial charge in [-0.25, -0.2) is 9.59 Å². The Morgan fingerprint density at radius 2 is 1.78 bits per heavy atom. The molecule has 146 valence electrons. The van der Waals surface area contributed by atoms with Crippen molar-refractivity contribution in [2.45, 2.75) is 20.8 Å². The summed E-state index contributed by atoms with van der Waals surface area (Å²) in [6.45, 7) is 12.1. The van der Waals surface area contributed by atoms with E-state index in [-0.39, 0.29) is 16.8 Å². The average molecular weight is 375 g/mol. The van der Waals surface area contributed by atoms with Crippen LogP contribution < -0.4 is 4.90 Å². The summed E-state index contributed by atoms with van der Waals surface area (Å²) in [6, 6.07) is 4.32. The van der Waals surface area contributed by atoms with Crippen LogP contribution in [0.2, 0.25) is 0 Å². The van der Waals surface area contributed by atoms with Crippen LogP contribution in [0.25, 0.3) is 0 Å². The Labute approximate surface area is 158 Å². The summed E-state index contributed by atoms with van der Waals surface area (Å²) >= 11 is 0. The predicted molar refractivity (Wildman–Crippen MR) is 102 cm³/mol. The van der Waals surface area contributed by atoms with Gasteiger partial charge in [0, 0.05) is 43.5 Å². The van der Waals surface area contributed by atoms with E-state index in [0.29, 0.717) is 5.69 Å².